The zero-order valence-corrected chi connectivity index (χ0v) is 10.1. The number of hydrogen-bond acceptors (Lipinski definition) is 2. The quantitative estimate of drug-likeness (QED) is 0.466. The van der Waals surface area contributed by atoms with Gasteiger partial charge in [-0.25, -0.2) is 0 Å². The minimum atomic E-state index is 0.839. The number of halogens is 3. The Morgan fingerprint density at radius 3 is 2.36 bits per heavy atom. The standard InChI is InChI=1S/C6H5Br3N2/c7-3-1-4(8)6(9)5(2-3)11-10/h1-2,11H,10H2. The number of nitrogens with two attached hydrogens (primary N) is 1. The van der Waals surface area contributed by atoms with Gasteiger partial charge in [-0.15, -0.1) is 0 Å². The van der Waals surface area contributed by atoms with Gasteiger partial charge in [0.15, 0.2) is 0 Å². The van der Waals surface area contributed by atoms with Gasteiger partial charge in [0.25, 0.3) is 0 Å². The lowest BCUT2D eigenvalue weighted by molar-refractivity contribution is 1.33. The number of nitrogens with one attached hydrogen (secondary N) is 1. The van der Waals surface area contributed by atoms with E-state index in [1.165, 1.54) is 0 Å². The fourth-order valence-electron chi connectivity index (χ4n) is 0.661. The Morgan fingerprint density at radius 2 is 1.82 bits per heavy atom. The molecule has 0 aliphatic carbocycles. The number of hydrazine groups is 1. The summed E-state index contributed by atoms with van der Waals surface area (Å²) in [5.41, 5.74) is 3.41. The van der Waals surface area contributed by atoms with Gasteiger partial charge in [-0.05, 0) is 44.0 Å². The molecule has 1 aromatic carbocycles. The lowest BCUT2D eigenvalue weighted by Gasteiger charge is -2.05. The largest absolute Gasteiger partial charge is 0.323 e. The van der Waals surface area contributed by atoms with Gasteiger partial charge in [0.05, 0.1) is 10.2 Å². The fraction of sp³-hybridized carbons (Fsp3) is 0. The second-order valence-electron chi connectivity index (χ2n) is 1.89. The van der Waals surface area contributed by atoms with Crippen LogP contribution in [0.2, 0.25) is 0 Å². The second-order valence-corrected chi connectivity index (χ2v) is 4.46. The Balaban J connectivity index is 3.24. The van der Waals surface area contributed by atoms with E-state index in [2.05, 4.69) is 53.2 Å². The van der Waals surface area contributed by atoms with E-state index in [0.29, 0.717) is 0 Å². The van der Waals surface area contributed by atoms with E-state index < -0.39 is 0 Å². The number of benzene rings is 1. The van der Waals surface area contributed by atoms with Crippen LogP contribution >= 0.6 is 47.8 Å². The minimum Gasteiger partial charge on any atom is -0.323 e. The van der Waals surface area contributed by atoms with E-state index in [9.17, 15) is 0 Å². The summed E-state index contributed by atoms with van der Waals surface area (Å²) in [7, 11) is 0. The minimum absolute atomic E-state index is 0.839. The first kappa shape index (κ1) is 9.51. The Bertz CT molecular complexity index is 275. The summed E-state index contributed by atoms with van der Waals surface area (Å²) in [6.07, 6.45) is 0. The Labute approximate surface area is 89.9 Å². The Hall–Kier alpha value is 0.420. The molecule has 1 rings (SSSR count). The number of rotatable bonds is 1. The van der Waals surface area contributed by atoms with Crippen molar-refractivity contribution < 1.29 is 0 Å². The maximum atomic E-state index is 5.27. The lowest BCUT2D eigenvalue weighted by Crippen LogP contribution is -2.07. The van der Waals surface area contributed by atoms with Crippen molar-refractivity contribution in [3.8, 4) is 0 Å². The normalized spacial score (nSPS) is 9.82. The predicted molar refractivity (Wildman–Crippen MR) is 57.4 cm³/mol. The van der Waals surface area contributed by atoms with Gasteiger partial charge in [-0.3, -0.25) is 5.84 Å². The van der Waals surface area contributed by atoms with Crippen LogP contribution in [0.1, 0.15) is 0 Å². The van der Waals surface area contributed by atoms with Crippen LogP contribution in [-0.2, 0) is 0 Å². The molecular formula is C6H5Br3N2. The highest BCUT2D eigenvalue weighted by Crippen LogP contribution is 2.33. The summed E-state index contributed by atoms with van der Waals surface area (Å²) in [5.74, 6) is 5.27. The molecule has 60 valence electrons. The Kier molecular flexibility index (Phi) is 3.36. The molecule has 0 atom stereocenters. The second kappa shape index (κ2) is 3.89. The maximum absolute atomic E-state index is 5.27. The Morgan fingerprint density at radius 1 is 1.18 bits per heavy atom. The molecule has 2 nitrogen and oxygen atoms in total. The van der Waals surface area contributed by atoms with Crippen molar-refractivity contribution in [2.75, 3.05) is 5.43 Å². The monoisotopic (exact) mass is 342 g/mol. The van der Waals surface area contributed by atoms with Gasteiger partial charge < -0.3 is 5.43 Å². The van der Waals surface area contributed by atoms with E-state index in [4.69, 9.17) is 5.84 Å². The molecule has 5 heteroatoms. The summed E-state index contributed by atoms with van der Waals surface area (Å²) in [6, 6.07) is 3.82. The highest BCUT2D eigenvalue weighted by molar-refractivity contribution is 9.13. The fourth-order valence-corrected chi connectivity index (χ4v) is 2.23. The lowest BCUT2D eigenvalue weighted by atomic mass is 10.3. The molecule has 0 spiro atoms. The average Bonchev–Trinajstić information content (AvgIpc) is 1.96. The van der Waals surface area contributed by atoms with Crippen molar-refractivity contribution in [3.05, 3.63) is 25.6 Å². The summed E-state index contributed by atoms with van der Waals surface area (Å²) in [6.45, 7) is 0. The molecule has 0 aromatic heterocycles. The van der Waals surface area contributed by atoms with Crippen LogP contribution < -0.4 is 11.3 Å². The third-order valence-corrected chi connectivity index (χ3v) is 3.62. The highest BCUT2D eigenvalue weighted by Gasteiger charge is 2.03. The van der Waals surface area contributed by atoms with Gasteiger partial charge in [0, 0.05) is 8.95 Å². The van der Waals surface area contributed by atoms with Crippen LogP contribution in [0.15, 0.2) is 25.6 Å². The SMILES string of the molecule is NNc1cc(Br)cc(Br)c1Br. The van der Waals surface area contributed by atoms with E-state index >= 15 is 0 Å². The van der Waals surface area contributed by atoms with Crippen LogP contribution in [0.5, 0.6) is 0 Å². The summed E-state index contributed by atoms with van der Waals surface area (Å²) < 4.78 is 2.85. The molecule has 0 bridgehead atoms. The van der Waals surface area contributed by atoms with Gasteiger partial charge >= 0.3 is 0 Å². The van der Waals surface area contributed by atoms with Gasteiger partial charge in [-0.1, -0.05) is 15.9 Å². The highest BCUT2D eigenvalue weighted by atomic mass is 79.9. The van der Waals surface area contributed by atoms with Crippen LogP contribution in [-0.4, -0.2) is 0 Å². The molecule has 0 saturated carbocycles. The van der Waals surface area contributed by atoms with E-state index in [-0.39, 0.29) is 0 Å². The van der Waals surface area contributed by atoms with Crippen molar-refractivity contribution >= 4 is 53.5 Å². The molecule has 1 aromatic rings. The van der Waals surface area contributed by atoms with Crippen molar-refractivity contribution in [1.29, 1.82) is 0 Å². The van der Waals surface area contributed by atoms with Crippen molar-refractivity contribution in [3.63, 3.8) is 0 Å². The summed E-state index contributed by atoms with van der Waals surface area (Å²) >= 11 is 10.1. The van der Waals surface area contributed by atoms with Gasteiger partial charge in [-0.2, -0.15) is 0 Å². The number of hydrogen-bond donors (Lipinski definition) is 2. The molecular weight excluding hydrogens is 340 g/mol. The number of anilines is 1. The molecule has 11 heavy (non-hydrogen) atoms. The molecule has 0 aliphatic heterocycles. The van der Waals surface area contributed by atoms with Crippen molar-refractivity contribution in [2.24, 2.45) is 5.84 Å². The molecule has 3 N–H and O–H groups in total. The van der Waals surface area contributed by atoms with E-state index in [1.807, 2.05) is 12.1 Å². The maximum Gasteiger partial charge on any atom is 0.0650 e. The first-order valence-electron chi connectivity index (χ1n) is 2.76. The third-order valence-electron chi connectivity index (χ3n) is 1.15. The molecule has 0 fully saturated rings. The predicted octanol–water partition coefficient (Wildman–Crippen LogP) is 3.26. The molecule has 0 radical (unpaired) electrons. The van der Waals surface area contributed by atoms with Crippen LogP contribution in [0.25, 0.3) is 0 Å². The van der Waals surface area contributed by atoms with Gasteiger partial charge in [0.2, 0.25) is 0 Å². The molecule has 0 aliphatic rings. The third kappa shape index (κ3) is 2.18. The molecule has 0 unspecified atom stereocenters. The van der Waals surface area contributed by atoms with Crippen LogP contribution in [0, 0.1) is 0 Å². The zero-order chi connectivity index (χ0) is 8.43. The van der Waals surface area contributed by atoms with Crippen LogP contribution in [0.4, 0.5) is 5.69 Å². The first-order chi connectivity index (χ1) is 5.15. The molecule has 0 heterocycles. The smallest absolute Gasteiger partial charge is 0.0650 e. The first-order valence-corrected chi connectivity index (χ1v) is 5.14. The summed E-state index contributed by atoms with van der Waals surface area (Å²) in [4.78, 5) is 0. The van der Waals surface area contributed by atoms with Crippen molar-refractivity contribution in [1.82, 2.24) is 0 Å². The van der Waals surface area contributed by atoms with E-state index in [0.717, 1.165) is 19.1 Å². The summed E-state index contributed by atoms with van der Waals surface area (Å²) in [5, 5.41) is 0. The van der Waals surface area contributed by atoms with E-state index in [1.54, 1.807) is 0 Å². The topological polar surface area (TPSA) is 38.0 Å². The zero-order valence-electron chi connectivity index (χ0n) is 5.37. The van der Waals surface area contributed by atoms with Crippen molar-refractivity contribution in [2.45, 2.75) is 0 Å². The molecule has 0 amide bonds. The van der Waals surface area contributed by atoms with Crippen LogP contribution in [0.3, 0.4) is 0 Å². The van der Waals surface area contributed by atoms with Gasteiger partial charge in [0.1, 0.15) is 0 Å². The average molecular weight is 345 g/mol. The molecule has 0 saturated heterocycles. The number of nitrogen functional groups attached to an aromatic ring is 1.